The zero-order valence-electron chi connectivity index (χ0n) is 12.5. The Morgan fingerprint density at radius 2 is 1.68 bits per heavy atom. The van der Waals surface area contributed by atoms with Crippen molar-refractivity contribution in [3.8, 4) is 0 Å². The van der Waals surface area contributed by atoms with Crippen molar-refractivity contribution in [2.75, 3.05) is 0 Å². The van der Waals surface area contributed by atoms with Crippen molar-refractivity contribution in [1.82, 2.24) is 15.5 Å². The summed E-state index contributed by atoms with van der Waals surface area (Å²) in [5.41, 5.74) is 0.145. The first-order valence-electron chi connectivity index (χ1n) is 7.62. The van der Waals surface area contributed by atoms with Crippen molar-refractivity contribution in [2.24, 2.45) is 0 Å². The molecule has 1 saturated carbocycles. The van der Waals surface area contributed by atoms with Gasteiger partial charge in [0.05, 0.1) is 6.54 Å². The Labute approximate surface area is 121 Å². The normalized spacial score (nSPS) is 19.1. The molecule has 0 bridgehead atoms. The molecule has 1 fully saturated rings. The van der Waals surface area contributed by atoms with Gasteiger partial charge in [0.1, 0.15) is 10.0 Å². The second-order valence-electron chi connectivity index (χ2n) is 6.68. The Morgan fingerprint density at radius 3 is 2.32 bits per heavy atom. The van der Waals surface area contributed by atoms with Crippen LogP contribution in [0.25, 0.3) is 0 Å². The van der Waals surface area contributed by atoms with E-state index in [0.29, 0.717) is 5.92 Å². The van der Waals surface area contributed by atoms with E-state index >= 15 is 0 Å². The Bertz CT molecular complexity index is 373. The number of nitrogens with one attached hydrogen (secondary N) is 1. The fourth-order valence-electron chi connectivity index (χ4n) is 2.55. The predicted molar refractivity (Wildman–Crippen MR) is 81.6 cm³/mol. The van der Waals surface area contributed by atoms with Crippen molar-refractivity contribution in [3.63, 3.8) is 0 Å². The highest BCUT2D eigenvalue weighted by Gasteiger charge is 2.18. The quantitative estimate of drug-likeness (QED) is 0.900. The van der Waals surface area contributed by atoms with Gasteiger partial charge in [-0.05, 0) is 33.6 Å². The minimum Gasteiger partial charge on any atom is -0.306 e. The number of nitrogens with zero attached hydrogens (tertiary/aromatic N) is 2. The van der Waals surface area contributed by atoms with Gasteiger partial charge in [0.15, 0.2) is 0 Å². The largest absolute Gasteiger partial charge is 0.306 e. The van der Waals surface area contributed by atoms with Gasteiger partial charge in [-0.25, -0.2) is 0 Å². The summed E-state index contributed by atoms with van der Waals surface area (Å²) in [5, 5.41) is 14.7. The van der Waals surface area contributed by atoms with Crippen LogP contribution in [0.1, 0.15) is 81.7 Å². The fraction of sp³-hybridized carbons (Fsp3) is 0.867. The van der Waals surface area contributed by atoms with Crippen LogP contribution in [0.5, 0.6) is 0 Å². The van der Waals surface area contributed by atoms with Gasteiger partial charge in [0.2, 0.25) is 0 Å². The van der Waals surface area contributed by atoms with Crippen LogP contribution in [-0.4, -0.2) is 15.7 Å². The highest BCUT2D eigenvalue weighted by Crippen LogP contribution is 2.32. The van der Waals surface area contributed by atoms with Gasteiger partial charge < -0.3 is 5.32 Å². The maximum Gasteiger partial charge on any atom is 0.131 e. The number of aromatic nitrogens is 2. The number of hydrogen-bond donors (Lipinski definition) is 1. The lowest BCUT2D eigenvalue weighted by atomic mass is 9.92. The molecule has 0 aliphatic heterocycles. The van der Waals surface area contributed by atoms with E-state index in [1.54, 1.807) is 0 Å². The van der Waals surface area contributed by atoms with Crippen LogP contribution in [-0.2, 0) is 6.54 Å². The van der Waals surface area contributed by atoms with Crippen molar-refractivity contribution in [3.05, 3.63) is 10.0 Å². The summed E-state index contributed by atoms with van der Waals surface area (Å²) in [6.45, 7) is 7.39. The van der Waals surface area contributed by atoms with E-state index in [1.165, 1.54) is 50.0 Å². The molecule has 0 spiro atoms. The lowest BCUT2D eigenvalue weighted by Gasteiger charge is -2.19. The third-order valence-electron chi connectivity index (χ3n) is 3.71. The monoisotopic (exact) mass is 281 g/mol. The zero-order chi connectivity index (χ0) is 13.7. The molecule has 0 amide bonds. The van der Waals surface area contributed by atoms with Gasteiger partial charge in [-0.3, -0.25) is 0 Å². The van der Waals surface area contributed by atoms with Crippen LogP contribution >= 0.6 is 11.3 Å². The molecule has 0 atom stereocenters. The molecule has 1 aromatic rings. The Morgan fingerprint density at radius 1 is 1.05 bits per heavy atom. The molecule has 0 aromatic carbocycles. The van der Waals surface area contributed by atoms with Crippen LogP contribution in [0.4, 0.5) is 0 Å². The summed E-state index contributed by atoms with van der Waals surface area (Å²) >= 11 is 1.81. The molecule has 0 unspecified atom stereocenters. The summed E-state index contributed by atoms with van der Waals surface area (Å²) in [7, 11) is 0. The summed E-state index contributed by atoms with van der Waals surface area (Å²) in [6.07, 6.45) is 9.55. The molecule has 1 aliphatic rings. The Balaban J connectivity index is 1.91. The molecule has 3 nitrogen and oxygen atoms in total. The molecule has 1 heterocycles. The topological polar surface area (TPSA) is 37.8 Å². The van der Waals surface area contributed by atoms with Gasteiger partial charge in [0.25, 0.3) is 0 Å². The third-order valence-corrected chi connectivity index (χ3v) is 4.79. The van der Waals surface area contributed by atoms with Gasteiger partial charge in [-0.15, -0.1) is 10.2 Å². The van der Waals surface area contributed by atoms with E-state index in [9.17, 15) is 0 Å². The Kier molecular flexibility index (Phi) is 5.34. The molecule has 0 radical (unpaired) electrons. The molecule has 1 aromatic heterocycles. The summed E-state index contributed by atoms with van der Waals surface area (Å²) in [4.78, 5) is 0. The van der Waals surface area contributed by atoms with Crippen LogP contribution in [0.3, 0.4) is 0 Å². The van der Waals surface area contributed by atoms with Gasteiger partial charge in [-0.2, -0.15) is 0 Å². The predicted octanol–water partition coefficient (Wildman–Crippen LogP) is 4.25. The average Bonchev–Trinajstić information content (AvgIpc) is 2.73. The molecule has 19 heavy (non-hydrogen) atoms. The minimum atomic E-state index is 0.145. The number of rotatable bonds is 3. The Hall–Kier alpha value is -0.480. The van der Waals surface area contributed by atoms with Crippen LogP contribution in [0.2, 0.25) is 0 Å². The summed E-state index contributed by atoms with van der Waals surface area (Å²) < 4.78 is 0. The van der Waals surface area contributed by atoms with E-state index in [4.69, 9.17) is 0 Å². The molecule has 1 aliphatic carbocycles. The first kappa shape index (κ1) is 14.9. The lowest BCUT2D eigenvalue weighted by Crippen LogP contribution is -2.35. The second-order valence-corrected chi connectivity index (χ2v) is 7.77. The van der Waals surface area contributed by atoms with E-state index < -0.39 is 0 Å². The summed E-state index contributed by atoms with van der Waals surface area (Å²) in [5.74, 6) is 0.668. The van der Waals surface area contributed by atoms with E-state index in [2.05, 4.69) is 36.3 Å². The van der Waals surface area contributed by atoms with E-state index in [1.807, 2.05) is 11.3 Å². The molecule has 1 N–H and O–H groups in total. The molecule has 4 heteroatoms. The summed E-state index contributed by atoms with van der Waals surface area (Å²) in [6, 6.07) is 0. The third kappa shape index (κ3) is 5.19. The first-order chi connectivity index (χ1) is 9.04. The molecular weight excluding hydrogens is 254 g/mol. The minimum absolute atomic E-state index is 0.145. The van der Waals surface area contributed by atoms with Gasteiger partial charge in [0, 0.05) is 11.5 Å². The molecule has 0 saturated heterocycles. The molecule has 2 rings (SSSR count). The maximum atomic E-state index is 4.44. The standard InChI is InChI=1S/C15H27N3S/c1-15(2,3)16-11-13-17-18-14(19-13)12-9-7-5-4-6-8-10-12/h12,16H,4-11H2,1-3H3. The van der Waals surface area contributed by atoms with E-state index in [-0.39, 0.29) is 5.54 Å². The van der Waals surface area contributed by atoms with Crippen molar-refractivity contribution in [2.45, 2.75) is 83.7 Å². The van der Waals surface area contributed by atoms with Crippen LogP contribution in [0.15, 0.2) is 0 Å². The van der Waals surface area contributed by atoms with Crippen molar-refractivity contribution >= 4 is 11.3 Å². The van der Waals surface area contributed by atoms with Gasteiger partial charge >= 0.3 is 0 Å². The van der Waals surface area contributed by atoms with E-state index in [0.717, 1.165) is 11.6 Å². The molecular formula is C15H27N3S. The fourth-order valence-corrected chi connectivity index (χ4v) is 3.50. The highest BCUT2D eigenvalue weighted by molar-refractivity contribution is 7.11. The second kappa shape index (κ2) is 6.80. The van der Waals surface area contributed by atoms with Crippen molar-refractivity contribution in [1.29, 1.82) is 0 Å². The SMILES string of the molecule is CC(C)(C)NCc1nnc(C2CCCCCCC2)s1. The lowest BCUT2D eigenvalue weighted by molar-refractivity contribution is 0.423. The van der Waals surface area contributed by atoms with Crippen LogP contribution in [0, 0.1) is 0 Å². The average molecular weight is 281 g/mol. The first-order valence-corrected chi connectivity index (χ1v) is 8.43. The van der Waals surface area contributed by atoms with Gasteiger partial charge in [-0.1, -0.05) is 43.4 Å². The van der Waals surface area contributed by atoms with Crippen LogP contribution < -0.4 is 5.32 Å². The molecule has 108 valence electrons. The smallest absolute Gasteiger partial charge is 0.131 e. The highest BCUT2D eigenvalue weighted by atomic mass is 32.1. The zero-order valence-corrected chi connectivity index (χ0v) is 13.4. The number of hydrogen-bond acceptors (Lipinski definition) is 4. The van der Waals surface area contributed by atoms with Crippen molar-refractivity contribution < 1.29 is 0 Å². The maximum absolute atomic E-state index is 4.44.